The summed E-state index contributed by atoms with van der Waals surface area (Å²) < 4.78 is 10.3. The first-order valence-electron chi connectivity index (χ1n) is 5.26. The van der Waals surface area contributed by atoms with Gasteiger partial charge in [-0.3, -0.25) is 0 Å². The molecule has 4 heteroatoms. The van der Waals surface area contributed by atoms with Crippen molar-refractivity contribution >= 4 is 0 Å². The standard InChI is InChI=1S/C13H14O4/c1-16-10-4-2-9(3-5-10)13(15)12-7-6-11(8-14)17-12/h2-7,13-15H,8H2,1H3. The third-order valence-electron chi connectivity index (χ3n) is 2.54. The van der Waals surface area contributed by atoms with Crippen LogP contribution in [0.25, 0.3) is 0 Å². The number of rotatable bonds is 4. The van der Waals surface area contributed by atoms with Crippen molar-refractivity contribution in [3.05, 3.63) is 53.5 Å². The molecule has 0 fully saturated rings. The van der Waals surface area contributed by atoms with Crippen LogP contribution in [0, 0.1) is 0 Å². The average Bonchev–Trinajstić information content (AvgIpc) is 2.87. The molecule has 2 N–H and O–H groups in total. The van der Waals surface area contributed by atoms with Gasteiger partial charge in [0.1, 0.15) is 30.0 Å². The molecule has 1 atom stereocenters. The number of benzene rings is 1. The Kier molecular flexibility index (Phi) is 3.46. The van der Waals surface area contributed by atoms with Crippen LogP contribution in [-0.4, -0.2) is 17.3 Å². The summed E-state index contributed by atoms with van der Waals surface area (Å²) in [6.45, 7) is -0.171. The van der Waals surface area contributed by atoms with Gasteiger partial charge in [0.2, 0.25) is 0 Å². The molecule has 0 bridgehead atoms. The number of furan rings is 1. The lowest BCUT2D eigenvalue weighted by atomic mass is 10.1. The van der Waals surface area contributed by atoms with Gasteiger partial charge in [-0.2, -0.15) is 0 Å². The highest BCUT2D eigenvalue weighted by molar-refractivity contribution is 5.31. The fraction of sp³-hybridized carbons (Fsp3) is 0.231. The van der Waals surface area contributed by atoms with Crippen LogP contribution in [0.1, 0.15) is 23.2 Å². The van der Waals surface area contributed by atoms with E-state index in [1.165, 1.54) is 0 Å². The SMILES string of the molecule is COc1ccc(C(O)c2ccc(CO)o2)cc1. The van der Waals surface area contributed by atoms with E-state index in [1.54, 1.807) is 43.5 Å². The van der Waals surface area contributed by atoms with Crippen LogP contribution in [0.3, 0.4) is 0 Å². The van der Waals surface area contributed by atoms with E-state index >= 15 is 0 Å². The molecule has 0 radical (unpaired) electrons. The molecule has 90 valence electrons. The van der Waals surface area contributed by atoms with Gasteiger partial charge in [-0.1, -0.05) is 12.1 Å². The second-order valence-corrected chi connectivity index (χ2v) is 3.64. The summed E-state index contributed by atoms with van der Waals surface area (Å²) in [5, 5.41) is 18.9. The summed E-state index contributed by atoms with van der Waals surface area (Å²) >= 11 is 0. The predicted molar refractivity (Wildman–Crippen MR) is 61.7 cm³/mol. The number of hydrogen-bond acceptors (Lipinski definition) is 4. The molecule has 0 saturated carbocycles. The zero-order chi connectivity index (χ0) is 12.3. The Bertz CT molecular complexity index is 472. The van der Waals surface area contributed by atoms with E-state index in [4.69, 9.17) is 14.3 Å². The molecule has 2 aromatic rings. The quantitative estimate of drug-likeness (QED) is 0.847. The maximum atomic E-state index is 10.0. The maximum Gasteiger partial charge on any atom is 0.137 e. The molecule has 1 unspecified atom stereocenters. The first-order valence-corrected chi connectivity index (χ1v) is 5.26. The fourth-order valence-corrected chi connectivity index (χ4v) is 1.58. The van der Waals surface area contributed by atoms with Crippen molar-refractivity contribution in [2.24, 2.45) is 0 Å². The number of ether oxygens (including phenoxy) is 1. The molecule has 4 nitrogen and oxygen atoms in total. The van der Waals surface area contributed by atoms with Gasteiger partial charge >= 0.3 is 0 Å². The van der Waals surface area contributed by atoms with E-state index in [1.807, 2.05) is 0 Å². The van der Waals surface area contributed by atoms with Crippen molar-refractivity contribution in [3.8, 4) is 5.75 Å². The minimum Gasteiger partial charge on any atom is -0.497 e. The highest BCUT2D eigenvalue weighted by Gasteiger charge is 2.14. The largest absolute Gasteiger partial charge is 0.497 e. The van der Waals surface area contributed by atoms with E-state index in [-0.39, 0.29) is 6.61 Å². The van der Waals surface area contributed by atoms with E-state index in [2.05, 4.69) is 0 Å². The zero-order valence-electron chi connectivity index (χ0n) is 9.46. The summed E-state index contributed by atoms with van der Waals surface area (Å²) in [6, 6.07) is 10.4. The Balaban J connectivity index is 2.20. The first-order chi connectivity index (χ1) is 8.24. The molecule has 1 aromatic heterocycles. The van der Waals surface area contributed by atoms with Gasteiger partial charge in [0.25, 0.3) is 0 Å². The summed E-state index contributed by atoms with van der Waals surface area (Å²) in [6.07, 6.45) is -0.832. The number of hydrogen-bond donors (Lipinski definition) is 2. The zero-order valence-corrected chi connectivity index (χ0v) is 9.46. The monoisotopic (exact) mass is 234 g/mol. The molecule has 1 heterocycles. The van der Waals surface area contributed by atoms with Crippen LogP contribution in [-0.2, 0) is 6.61 Å². The summed E-state index contributed by atoms with van der Waals surface area (Å²) in [5.41, 5.74) is 0.713. The fourth-order valence-electron chi connectivity index (χ4n) is 1.58. The summed E-state index contributed by atoms with van der Waals surface area (Å²) in [4.78, 5) is 0. The minimum atomic E-state index is -0.832. The van der Waals surface area contributed by atoms with Crippen molar-refractivity contribution in [2.45, 2.75) is 12.7 Å². The molecule has 0 aliphatic carbocycles. The number of aliphatic hydroxyl groups is 2. The second-order valence-electron chi connectivity index (χ2n) is 3.64. The van der Waals surface area contributed by atoms with Crippen LogP contribution in [0.4, 0.5) is 0 Å². The molecule has 0 aliphatic heterocycles. The Labute approximate surface area is 99.1 Å². The topological polar surface area (TPSA) is 62.8 Å². The van der Waals surface area contributed by atoms with E-state index in [0.29, 0.717) is 17.1 Å². The van der Waals surface area contributed by atoms with E-state index in [9.17, 15) is 5.11 Å². The highest BCUT2D eigenvalue weighted by atomic mass is 16.5. The Morgan fingerprint density at radius 3 is 2.41 bits per heavy atom. The van der Waals surface area contributed by atoms with Crippen molar-refractivity contribution < 1.29 is 19.4 Å². The Hall–Kier alpha value is -1.78. The lowest BCUT2D eigenvalue weighted by molar-refractivity contribution is 0.176. The molecule has 0 aliphatic rings. The lowest BCUT2D eigenvalue weighted by Gasteiger charge is -2.08. The van der Waals surface area contributed by atoms with Gasteiger partial charge in [-0.25, -0.2) is 0 Å². The van der Waals surface area contributed by atoms with Crippen LogP contribution >= 0.6 is 0 Å². The third kappa shape index (κ3) is 2.49. The van der Waals surface area contributed by atoms with Crippen LogP contribution in [0.5, 0.6) is 5.75 Å². The van der Waals surface area contributed by atoms with Crippen molar-refractivity contribution in [1.29, 1.82) is 0 Å². The van der Waals surface area contributed by atoms with Crippen molar-refractivity contribution in [3.63, 3.8) is 0 Å². The third-order valence-corrected chi connectivity index (χ3v) is 2.54. The van der Waals surface area contributed by atoms with Gasteiger partial charge in [0.05, 0.1) is 7.11 Å². The molecular formula is C13H14O4. The van der Waals surface area contributed by atoms with Gasteiger partial charge in [0.15, 0.2) is 0 Å². The molecule has 0 spiro atoms. The lowest BCUT2D eigenvalue weighted by Crippen LogP contribution is -1.97. The number of methoxy groups -OCH3 is 1. The average molecular weight is 234 g/mol. The van der Waals surface area contributed by atoms with Gasteiger partial charge < -0.3 is 19.4 Å². The van der Waals surface area contributed by atoms with Gasteiger partial charge in [-0.05, 0) is 29.8 Å². The van der Waals surface area contributed by atoms with Crippen LogP contribution in [0.15, 0.2) is 40.8 Å². The second kappa shape index (κ2) is 5.03. The van der Waals surface area contributed by atoms with E-state index in [0.717, 1.165) is 5.75 Å². The van der Waals surface area contributed by atoms with E-state index < -0.39 is 6.10 Å². The molecule has 17 heavy (non-hydrogen) atoms. The normalized spacial score (nSPS) is 12.4. The van der Waals surface area contributed by atoms with Crippen LogP contribution < -0.4 is 4.74 Å². The maximum absolute atomic E-state index is 10.0. The molecule has 0 saturated heterocycles. The van der Waals surface area contributed by atoms with Crippen LogP contribution in [0.2, 0.25) is 0 Å². The Morgan fingerprint density at radius 2 is 1.88 bits per heavy atom. The Morgan fingerprint density at radius 1 is 1.18 bits per heavy atom. The van der Waals surface area contributed by atoms with Crippen molar-refractivity contribution in [1.82, 2.24) is 0 Å². The predicted octanol–water partition coefficient (Wildman–Crippen LogP) is 1.86. The highest BCUT2D eigenvalue weighted by Crippen LogP contribution is 2.25. The molecule has 0 amide bonds. The first kappa shape index (κ1) is 11.7. The summed E-state index contributed by atoms with van der Waals surface area (Å²) in [7, 11) is 1.59. The van der Waals surface area contributed by atoms with Gasteiger partial charge in [-0.15, -0.1) is 0 Å². The molecular weight excluding hydrogens is 220 g/mol. The number of aliphatic hydroxyl groups excluding tert-OH is 2. The minimum absolute atomic E-state index is 0.171. The summed E-state index contributed by atoms with van der Waals surface area (Å²) in [5.74, 6) is 1.59. The van der Waals surface area contributed by atoms with Crippen molar-refractivity contribution in [2.75, 3.05) is 7.11 Å². The van der Waals surface area contributed by atoms with Gasteiger partial charge in [0, 0.05) is 0 Å². The molecule has 2 rings (SSSR count). The smallest absolute Gasteiger partial charge is 0.137 e. The molecule has 1 aromatic carbocycles.